The summed E-state index contributed by atoms with van der Waals surface area (Å²) in [5, 5.41) is 20.5. The molecule has 670 valence electrons. The predicted molar refractivity (Wildman–Crippen MR) is 514 cm³/mol. The number of ether oxygens (including phenoxy) is 5. The van der Waals surface area contributed by atoms with Crippen molar-refractivity contribution < 1.29 is 43.2 Å². The van der Waals surface area contributed by atoms with E-state index in [0.29, 0.717) is 142 Å². The van der Waals surface area contributed by atoms with Crippen molar-refractivity contribution in [1.29, 1.82) is 0 Å². The smallest absolute Gasteiger partial charge is 0.337 e. The number of pyridine rings is 3. The van der Waals surface area contributed by atoms with E-state index in [1.54, 1.807) is 79.5 Å². The Hall–Kier alpha value is -12.1. The van der Waals surface area contributed by atoms with Crippen LogP contribution in [0.15, 0.2) is 195 Å². The minimum atomic E-state index is -1.08. The number of nitrogens with one attached hydrogen (secondary N) is 3. The van der Waals surface area contributed by atoms with Crippen molar-refractivity contribution in [3.05, 3.63) is 287 Å². The lowest BCUT2D eigenvalue weighted by molar-refractivity contribution is 0.0698. The molecule has 0 saturated carbocycles. The van der Waals surface area contributed by atoms with E-state index in [1.807, 2.05) is 43.3 Å². The Bertz CT molecular complexity index is 6260. The van der Waals surface area contributed by atoms with Crippen molar-refractivity contribution in [3.8, 4) is 62.1 Å². The summed E-state index contributed by atoms with van der Waals surface area (Å²) in [7, 11) is 7.57. The number of nitrogens with zero attached hydrogens (tertiary/aromatic N) is 14. The third-order valence-corrected chi connectivity index (χ3v) is 24.8. The number of benzene rings is 8. The standard InChI is InChI=1S/C35H34Cl2N6O3.C27H26Cl2N6O3.C18H24N4.C17H12Cl2N2O3/c1-22-4-6-23(7-5-22)20-42-14-16-43(17-15-42)21-25-9-8-24(19-40-25)41-35(44)27-11-10-26(33-34(27)39-13-12-38-33)30-31(36)28(45-2)18-29(46-3)32(30)37;1-37-20-13-21(38-2)24(29)22(23(20)28)18-5-6-19(26-25(18)31-7-8-32-26)27(36)34-16-3-4-17(33-14-16)15-35-11-9-30-10-12-35;1-15-2-4-16(5-3-15)13-21-8-10-22(11-9-21)14-18-7-6-17(19)12-20-18;1-8-7-11(24-2)14(19)12(13(8)18)9-3-4-10(17(22)23)16-15(9)20-5-6-21-16/h4-13,18-19H,14-17,20-21H2,1-3H3,(H,41,44);3-8,13-14,30H,9-12,15H2,1-2H3,(H,34,36);2-7,12H,8-11,13-14,19H2,1H3;3-7H,1-2H3,(H,22,23). The SMILES string of the molecule is COc1cc(C)c(Cl)c(-c2ccc(C(=O)O)c3nccnc23)c1Cl.COc1cc(OC)c(Cl)c(-c2ccc(C(=O)Nc3ccc(CN4CCN(Cc5ccc(C)cc5)CC4)nc3)c3nccnc23)c1Cl.COc1cc(OC)c(Cl)c(-c2ccc(C(=O)Nc3ccc(CN4CCNCC4)nc3)c3nccnc23)c1Cl.Cc1ccc(CN2CCN(Cc3ccc(N)cn3)CC2)cc1. The number of rotatable bonds is 23. The number of methoxy groups -OCH3 is 5. The summed E-state index contributed by atoms with van der Waals surface area (Å²) in [6, 6.07) is 44.1. The van der Waals surface area contributed by atoms with Gasteiger partial charge < -0.3 is 50.5 Å². The minimum Gasteiger partial charge on any atom is -0.495 e. The molecule has 3 saturated heterocycles. The van der Waals surface area contributed by atoms with Crippen LogP contribution in [0.1, 0.15) is 76.0 Å². The van der Waals surface area contributed by atoms with Gasteiger partial charge in [-0.15, -0.1) is 0 Å². The molecule has 3 aliphatic heterocycles. The third kappa shape index (κ3) is 22.7. The Morgan fingerprint density at radius 1 is 0.362 bits per heavy atom. The molecule has 0 unspecified atom stereocenters. The Morgan fingerprint density at radius 2 is 0.669 bits per heavy atom. The number of hydrogen-bond acceptors (Lipinski definition) is 24. The maximum atomic E-state index is 13.5. The predicted octanol–water partition coefficient (Wildman–Crippen LogP) is 18.5. The second-order valence-electron chi connectivity index (χ2n) is 31.2. The van der Waals surface area contributed by atoms with Crippen LogP contribution in [-0.2, 0) is 32.7 Å². The molecule has 6 aromatic heterocycles. The van der Waals surface area contributed by atoms with Gasteiger partial charge >= 0.3 is 5.97 Å². The van der Waals surface area contributed by atoms with Crippen LogP contribution in [0.5, 0.6) is 28.7 Å². The molecule has 3 aliphatic rings. The van der Waals surface area contributed by atoms with Gasteiger partial charge in [0.1, 0.15) is 45.3 Å². The van der Waals surface area contributed by atoms with Gasteiger partial charge in [0.15, 0.2) is 0 Å². The highest BCUT2D eigenvalue weighted by molar-refractivity contribution is 6.43. The average molecular weight is 1870 g/mol. The summed E-state index contributed by atoms with van der Waals surface area (Å²) in [5.41, 5.74) is 23.2. The first-order chi connectivity index (χ1) is 63.0. The number of aromatic nitrogens is 9. The van der Waals surface area contributed by atoms with Gasteiger partial charge in [-0.1, -0.05) is 147 Å². The van der Waals surface area contributed by atoms with Crippen molar-refractivity contribution in [2.24, 2.45) is 0 Å². The molecule has 27 nitrogen and oxygen atoms in total. The number of carboxylic acid groups (broad SMARTS) is 1. The highest BCUT2D eigenvalue weighted by Gasteiger charge is 2.29. The van der Waals surface area contributed by atoms with Gasteiger partial charge in [-0.05, 0) is 98.1 Å². The maximum absolute atomic E-state index is 13.5. The molecule has 0 aliphatic carbocycles. The van der Waals surface area contributed by atoms with Gasteiger partial charge in [0.2, 0.25) is 0 Å². The zero-order valence-electron chi connectivity index (χ0n) is 72.8. The van der Waals surface area contributed by atoms with Crippen LogP contribution in [-0.4, -0.2) is 206 Å². The molecule has 0 spiro atoms. The molecule has 130 heavy (non-hydrogen) atoms. The van der Waals surface area contributed by atoms with Gasteiger partial charge in [-0.2, -0.15) is 0 Å². The molecule has 2 amide bonds. The van der Waals surface area contributed by atoms with Crippen LogP contribution in [0, 0.1) is 20.8 Å². The second-order valence-corrected chi connectivity index (χ2v) is 33.5. The van der Waals surface area contributed by atoms with Gasteiger partial charge in [0, 0.05) is 194 Å². The molecule has 9 heterocycles. The summed E-state index contributed by atoms with van der Waals surface area (Å²) in [5.74, 6) is 0.320. The van der Waals surface area contributed by atoms with E-state index in [2.05, 4.69) is 148 Å². The number of anilines is 3. The molecule has 0 atom stereocenters. The highest BCUT2D eigenvalue weighted by Crippen LogP contribution is 2.50. The molecular weight excluding hydrogens is 1770 g/mol. The van der Waals surface area contributed by atoms with Gasteiger partial charge in [-0.25, -0.2) is 4.79 Å². The summed E-state index contributed by atoms with van der Waals surface area (Å²) >= 11 is 39.6. The van der Waals surface area contributed by atoms with E-state index in [4.69, 9.17) is 99.0 Å². The number of piperazine rings is 3. The molecule has 8 aromatic carbocycles. The van der Waals surface area contributed by atoms with Crippen molar-refractivity contribution in [1.82, 2.24) is 74.7 Å². The maximum Gasteiger partial charge on any atom is 0.337 e. The van der Waals surface area contributed by atoms with E-state index < -0.39 is 5.97 Å². The van der Waals surface area contributed by atoms with Crippen LogP contribution in [0.4, 0.5) is 17.1 Å². The number of nitrogen functional groups attached to an aromatic ring is 1. The molecule has 6 N–H and O–H groups in total. The Morgan fingerprint density at radius 3 is 1.00 bits per heavy atom. The van der Waals surface area contributed by atoms with Crippen molar-refractivity contribution in [3.63, 3.8) is 0 Å². The topological polar surface area (TPSA) is 312 Å². The summed E-state index contributed by atoms with van der Waals surface area (Å²) in [6.07, 6.45) is 14.2. The zero-order valence-corrected chi connectivity index (χ0v) is 77.4. The lowest BCUT2D eigenvalue weighted by atomic mass is 9.98. The van der Waals surface area contributed by atoms with E-state index in [9.17, 15) is 19.5 Å². The van der Waals surface area contributed by atoms with E-state index >= 15 is 0 Å². The van der Waals surface area contributed by atoms with E-state index in [0.717, 1.165) is 140 Å². The average Bonchev–Trinajstić information content (AvgIpc) is 0.760. The molecule has 33 heteroatoms. The Balaban J connectivity index is 0.000000146. The van der Waals surface area contributed by atoms with Gasteiger partial charge in [-0.3, -0.25) is 78.9 Å². The van der Waals surface area contributed by atoms with Crippen LogP contribution in [0.25, 0.3) is 66.5 Å². The van der Waals surface area contributed by atoms with E-state index in [1.165, 1.54) is 88.7 Å². The Kier molecular flexibility index (Phi) is 31.9. The van der Waals surface area contributed by atoms with Gasteiger partial charge in [0.25, 0.3) is 11.8 Å². The number of amides is 2. The number of carbonyl (C=O) groups is 3. The highest BCUT2D eigenvalue weighted by atomic mass is 35.5. The fourth-order valence-corrected chi connectivity index (χ4v) is 17.5. The number of aromatic carboxylic acids is 1. The van der Waals surface area contributed by atoms with Crippen molar-refractivity contribution in [2.45, 2.75) is 53.5 Å². The summed E-state index contributed by atoms with van der Waals surface area (Å²) in [4.78, 5) is 90.4. The number of nitrogens with two attached hydrogens (primary N) is 1. The van der Waals surface area contributed by atoms with Crippen LogP contribution in [0.2, 0.25) is 30.1 Å². The monoisotopic (exact) mass is 1870 g/mol. The number of carboxylic acids is 1. The van der Waals surface area contributed by atoms with Crippen LogP contribution >= 0.6 is 69.6 Å². The lowest BCUT2D eigenvalue weighted by Crippen LogP contribution is -2.45. The number of halogens is 6. The number of carbonyl (C=O) groups excluding carboxylic acids is 2. The number of aryl methyl sites for hydroxylation is 3. The first-order valence-electron chi connectivity index (χ1n) is 41.8. The Labute approximate surface area is 783 Å². The largest absolute Gasteiger partial charge is 0.495 e. The van der Waals surface area contributed by atoms with Crippen molar-refractivity contribution in [2.75, 3.05) is 130 Å². The molecule has 17 rings (SSSR count). The fourth-order valence-electron chi connectivity index (χ4n) is 15.5. The molecule has 14 aromatic rings. The fraction of sp³-hybridized carbons (Fsp3) is 0.258. The zero-order chi connectivity index (χ0) is 91.6. The molecule has 0 bridgehead atoms. The number of hydrogen-bond donors (Lipinski definition) is 5. The van der Waals surface area contributed by atoms with Crippen LogP contribution < -0.4 is 45.4 Å². The normalized spacial score (nSPS) is 13.8. The molecule has 0 radical (unpaired) electrons. The lowest BCUT2D eigenvalue weighted by Gasteiger charge is -2.34. The quantitative estimate of drug-likeness (QED) is 0.0397. The van der Waals surface area contributed by atoms with E-state index in [-0.39, 0.29) is 22.9 Å². The minimum absolute atomic E-state index is 0.0636. The van der Waals surface area contributed by atoms with Crippen molar-refractivity contribution >= 4 is 138 Å². The van der Waals surface area contributed by atoms with Crippen LogP contribution in [0.3, 0.4) is 0 Å². The molecule has 3 fully saturated rings. The summed E-state index contributed by atoms with van der Waals surface area (Å²) < 4.78 is 27.0. The molecular formula is C97H96Cl6N18O9. The van der Waals surface area contributed by atoms with Gasteiger partial charge in [0.05, 0.1) is 152 Å². The second kappa shape index (κ2) is 44.0. The first kappa shape index (κ1) is 94.1. The first-order valence-corrected chi connectivity index (χ1v) is 44.1. The number of fused-ring (bicyclic) bond motifs is 3. The third-order valence-electron chi connectivity index (χ3n) is 22.5. The summed E-state index contributed by atoms with van der Waals surface area (Å²) in [6.45, 7) is 22.9.